The van der Waals surface area contributed by atoms with E-state index in [2.05, 4.69) is 33.2 Å². The second kappa shape index (κ2) is 8.68. The van der Waals surface area contributed by atoms with Gasteiger partial charge in [0.2, 0.25) is 0 Å². The van der Waals surface area contributed by atoms with Crippen LogP contribution in [0, 0.1) is 3.57 Å². The lowest BCUT2D eigenvalue weighted by molar-refractivity contribution is 0.101. The van der Waals surface area contributed by atoms with Gasteiger partial charge in [-0.1, -0.05) is 18.2 Å². The lowest BCUT2D eigenvalue weighted by Gasteiger charge is -2.09. The molecule has 0 spiro atoms. The first-order valence-electron chi connectivity index (χ1n) is 8.18. The maximum absolute atomic E-state index is 12.5. The number of rotatable bonds is 5. The minimum atomic E-state index is -0.259. The van der Waals surface area contributed by atoms with Gasteiger partial charge in [0, 0.05) is 20.5 Å². The summed E-state index contributed by atoms with van der Waals surface area (Å²) < 4.78 is 5.96. The molecule has 0 aliphatic rings. The summed E-state index contributed by atoms with van der Waals surface area (Å²) in [6, 6.07) is 21.2. The first kappa shape index (κ1) is 18.9. The molecule has 2 N–H and O–H groups in total. The molecule has 136 valence electrons. The SMILES string of the molecule is COc1ccc(NC(=O)c2cccc(NC(=O)c3ccccc3I)c2)cc1. The van der Waals surface area contributed by atoms with Crippen LogP contribution in [0.3, 0.4) is 0 Å². The van der Waals surface area contributed by atoms with Crippen molar-refractivity contribution in [3.8, 4) is 5.75 Å². The summed E-state index contributed by atoms with van der Waals surface area (Å²) in [5.74, 6) is 0.242. The van der Waals surface area contributed by atoms with E-state index in [1.165, 1.54) is 0 Å². The number of ether oxygens (including phenoxy) is 1. The highest BCUT2D eigenvalue weighted by atomic mass is 127. The smallest absolute Gasteiger partial charge is 0.256 e. The van der Waals surface area contributed by atoms with Crippen LogP contribution in [-0.2, 0) is 0 Å². The van der Waals surface area contributed by atoms with Crippen molar-refractivity contribution in [2.24, 2.45) is 0 Å². The molecule has 0 heterocycles. The third-order valence-corrected chi connectivity index (χ3v) is 4.79. The highest BCUT2D eigenvalue weighted by Gasteiger charge is 2.11. The van der Waals surface area contributed by atoms with Gasteiger partial charge in [0.25, 0.3) is 11.8 Å². The molecule has 27 heavy (non-hydrogen) atoms. The third kappa shape index (κ3) is 4.85. The van der Waals surface area contributed by atoms with Crippen molar-refractivity contribution < 1.29 is 14.3 Å². The molecule has 0 aliphatic carbocycles. The topological polar surface area (TPSA) is 67.4 Å². The predicted octanol–water partition coefficient (Wildman–Crippen LogP) is 4.80. The molecule has 2 amide bonds. The van der Waals surface area contributed by atoms with E-state index in [9.17, 15) is 9.59 Å². The maximum atomic E-state index is 12.5. The number of benzene rings is 3. The van der Waals surface area contributed by atoms with Crippen molar-refractivity contribution in [2.45, 2.75) is 0 Å². The van der Waals surface area contributed by atoms with E-state index < -0.39 is 0 Å². The Kier molecular flexibility index (Phi) is 6.08. The van der Waals surface area contributed by atoms with Crippen LogP contribution in [0.2, 0.25) is 0 Å². The van der Waals surface area contributed by atoms with Crippen LogP contribution in [0.4, 0.5) is 11.4 Å². The van der Waals surface area contributed by atoms with Crippen molar-refractivity contribution in [1.29, 1.82) is 0 Å². The Morgan fingerprint density at radius 3 is 2.22 bits per heavy atom. The van der Waals surface area contributed by atoms with Gasteiger partial charge in [-0.3, -0.25) is 9.59 Å². The summed E-state index contributed by atoms with van der Waals surface area (Å²) in [5.41, 5.74) is 2.26. The fraction of sp³-hybridized carbons (Fsp3) is 0.0476. The second-order valence-corrected chi connectivity index (χ2v) is 6.86. The van der Waals surface area contributed by atoms with Gasteiger partial charge in [-0.05, 0) is 77.2 Å². The standard InChI is InChI=1S/C21H17IN2O3/c1-27-17-11-9-15(10-12-17)23-20(25)14-5-4-6-16(13-14)24-21(26)18-7-2-3-8-19(18)22/h2-13H,1H3,(H,23,25)(H,24,26). The summed E-state index contributed by atoms with van der Waals surface area (Å²) in [6.45, 7) is 0. The molecule has 0 bridgehead atoms. The minimum absolute atomic E-state index is 0.215. The van der Waals surface area contributed by atoms with E-state index in [1.807, 2.05) is 18.2 Å². The minimum Gasteiger partial charge on any atom is -0.497 e. The first-order chi connectivity index (χ1) is 13.1. The summed E-state index contributed by atoms with van der Waals surface area (Å²) in [4.78, 5) is 24.9. The zero-order valence-electron chi connectivity index (χ0n) is 14.5. The summed E-state index contributed by atoms with van der Waals surface area (Å²) in [6.07, 6.45) is 0. The number of anilines is 2. The molecule has 0 radical (unpaired) electrons. The number of carbonyl (C=O) groups is 2. The lowest BCUT2D eigenvalue weighted by Crippen LogP contribution is -2.15. The quantitative estimate of drug-likeness (QED) is 0.525. The van der Waals surface area contributed by atoms with Crippen molar-refractivity contribution in [3.05, 3.63) is 87.5 Å². The normalized spacial score (nSPS) is 10.1. The van der Waals surface area contributed by atoms with Gasteiger partial charge in [-0.2, -0.15) is 0 Å². The summed E-state index contributed by atoms with van der Waals surface area (Å²) in [5, 5.41) is 5.66. The van der Waals surface area contributed by atoms with Crippen molar-refractivity contribution in [2.75, 3.05) is 17.7 Å². The highest BCUT2D eigenvalue weighted by Crippen LogP contribution is 2.18. The number of amides is 2. The molecule has 3 aromatic rings. The monoisotopic (exact) mass is 472 g/mol. The van der Waals surface area contributed by atoms with Gasteiger partial charge in [0.15, 0.2) is 0 Å². The van der Waals surface area contributed by atoms with E-state index in [0.29, 0.717) is 28.3 Å². The Morgan fingerprint density at radius 2 is 1.52 bits per heavy atom. The zero-order valence-corrected chi connectivity index (χ0v) is 16.7. The van der Waals surface area contributed by atoms with Crippen LogP contribution in [-0.4, -0.2) is 18.9 Å². The molecule has 0 aromatic heterocycles. The van der Waals surface area contributed by atoms with Crippen molar-refractivity contribution in [3.63, 3.8) is 0 Å². The van der Waals surface area contributed by atoms with Crippen LogP contribution in [0.5, 0.6) is 5.75 Å². The predicted molar refractivity (Wildman–Crippen MR) is 115 cm³/mol. The van der Waals surface area contributed by atoms with Crippen LogP contribution < -0.4 is 15.4 Å². The van der Waals surface area contributed by atoms with Gasteiger partial charge in [0.1, 0.15) is 5.75 Å². The number of nitrogens with one attached hydrogen (secondary N) is 2. The highest BCUT2D eigenvalue weighted by molar-refractivity contribution is 14.1. The molecular weight excluding hydrogens is 455 g/mol. The van der Waals surface area contributed by atoms with Crippen LogP contribution in [0.1, 0.15) is 20.7 Å². The Hall–Kier alpha value is -2.87. The molecule has 3 aromatic carbocycles. The molecule has 0 unspecified atom stereocenters. The third-order valence-electron chi connectivity index (χ3n) is 3.85. The average molecular weight is 472 g/mol. The van der Waals surface area contributed by atoms with E-state index in [-0.39, 0.29) is 11.8 Å². The Balaban J connectivity index is 1.71. The fourth-order valence-electron chi connectivity index (χ4n) is 2.46. The van der Waals surface area contributed by atoms with E-state index in [4.69, 9.17) is 4.74 Å². The molecule has 0 saturated carbocycles. The molecule has 5 nitrogen and oxygen atoms in total. The zero-order chi connectivity index (χ0) is 19.2. The van der Waals surface area contributed by atoms with Crippen molar-refractivity contribution >= 4 is 45.8 Å². The molecule has 0 fully saturated rings. The fourth-order valence-corrected chi connectivity index (χ4v) is 3.09. The Bertz CT molecular complexity index is 971. The van der Waals surface area contributed by atoms with Gasteiger partial charge in [-0.25, -0.2) is 0 Å². The van der Waals surface area contributed by atoms with E-state index >= 15 is 0 Å². The van der Waals surface area contributed by atoms with Gasteiger partial charge < -0.3 is 15.4 Å². The molecule has 0 aliphatic heterocycles. The second-order valence-electron chi connectivity index (χ2n) is 5.70. The number of methoxy groups -OCH3 is 1. The number of carbonyl (C=O) groups excluding carboxylic acids is 2. The largest absolute Gasteiger partial charge is 0.497 e. The summed E-state index contributed by atoms with van der Waals surface area (Å²) >= 11 is 2.12. The van der Waals surface area contributed by atoms with Crippen LogP contribution in [0.15, 0.2) is 72.8 Å². The van der Waals surface area contributed by atoms with Crippen LogP contribution in [0.25, 0.3) is 0 Å². The molecule has 0 saturated heterocycles. The summed E-state index contributed by atoms with van der Waals surface area (Å²) in [7, 11) is 1.59. The molecule has 6 heteroatoms. The Morgan fingerprint density at radius 1 is 0.815 bits per heavy atom. The molecule has 0 atom stereocenters. The number of hydrogen-bond acceptors (Lipinski definition) is 3. The lowest BCUT2D eigenvalue weighted by atomic mass is 10.1. The van der Waals surface area contributed by atoms with E-state index in [0.717, 1.165) is 3.57 Å². The van der Waals surface area contributed by atoms with Gasteiger partial charge >= 0.3 is 0 Å². The molecule has 3 rings (SSSR count). The van der Waals surface area contributed by atoms with Gasteiger partial charge in [0.05, 0.1) is 12.7 Å². The number of hydrogen-bond donors (Lipinski definition) is 2. The number of halogens is 1. The van der Waals surface area contributed by atoms with E-state index in [1.54, 1.807) is 61.7 Å². The van der Waals surface area contributed by atoms with Gasteiger partial charge in [-0.15, -0.1) is 0 Å². The first-order valence-corrected chi connectivity index (χ1v) is 9.26. The molecular formula is C21H17IN2O3. The Labute approximate surface area is 170 Å². The average Bonchev–Trinajstić information content (AvgIpc) is 2.69. The van der Waals surface area contributed by atoms with Crippen molar-refractivity contribution in [1.82, 2.24) is 0 Å². The maximum Gasteiger partial charge on any atom is 0.256 e. The van der Waals surface area contributed by atoms with Crippen LogP contribution >= 0.6 is 22.6 Å².